The highest BCUT2D eigenvalue weighted by molar-refractivity contribution is 7.89. The molecule has 2 rings (SSSR count). The molecule has 0 amide bonds. The number of ether oxygens (including phenoxy) is 1. The van der Waals surface area contributed by atoms with E-state index < -0.39 is 27.4 Å². The molecule has 0 radical (unpaired) electrons. The predicted octanol–water partition coefficient (Wildman–Crippen LogP) is 1.96. The Morgan fingerprint density at radius 2 is 1.81 bits per heavy atom. The van der Waals surface area contributed by atoms with Gasteiger partial charge in [0.15, 0.2) is 11.6 Å². The number of carboxylic acids is 1. The highest BCUT2D eigenvalue weighted by atomic mass is 32.2. The Kier molecular flexibility index (Phi) is 3.92. The van der Waals surface area contributed by atoms with Crippen molar-refractivity contribution in [1.82, 2.24) is 0 Å². The highest BCUT2D eigenvalue weighted by Gasteiger charge is 2.18. The molecule has 6 nitrogen and oxygen atoms in total. The average molecular weight is 311 g/mol. The maximum atomic E-state index is 13.5. The van der Waals surface area contributed by atoms with E-state index in [0.717, 1.165) is 24.3 Å². The van der Waals surface area contributed by atoms with E-state index in [4.69, 9.17) is 15.0 Å². The van der Waals surface area contributed by atoms with Crippen LogP contribution >= 0.6 is 0 Å². The van der Waals surface area contributed by atoms with Gasteiger partial charge in [-0.05, 0) is 30.3 Å². The Morgan fingerprint density at radius 1 is 1.14 bits per heavy atom. The van der Waals surface area contributed by atoms with Gasteiger partial charge in [0.05, 0.1) is 4.90 Å². The van der Waals surface area contributed by atoms with Gasteiger partial charge in [-0.1, -0.05) is 12.1 Å². The Labute approximate surface area is 119 Å². The van der Waals surface area contributed by atoms with Gasteiger partial charge in [0.2, 0.25) is 10.0 Å². The Balaban J connectivity index is 2.50. The predicted molar refractivity (Wildman–Crippen MR) is 71.2 cm³/mol. The first-order valence-corrected chi connectivity index (χ1v) is 7.16. The van der Waals surface area contributed by atoms with Crippen LogP contribution in [0.3, 0.4) is 0 Å². The van der Waals surface area contributed by atoms with E-state index >= 15 is 0 Å². The number of sulfonamides is 1. The van der Waals surface area contributed by atoms with Gasteiger partial charge in [-0.15, -0.1) is 0 Å². The van der Waals surface area contributed by atoms with Crippen molar-refractivity contribution in [2.45, 2.75) is 4.90 Å². The fourth-order valence-corrected chi connectivity index (χ4v) is 2.13. The maximum absolute atomic E-state index is 13.5. The molecule has 0 heterocycles. The third-order valence-electron chi connectivity index (χ3n) is 2.57. The third kappa shape index (κ3) is 3.36. The molecular formula is C13H10FNO5S. The van der Waals surface area contributed by atoms with Gasteiger partial charge in [-0.3, -0.25) is 0 Å². The van der Waals surface area contributed by atoms with Crippen molar-refractivity contribution >= 4 is 16.0 Å². The lowest BCUT2D eigenvalue weighted by Gasteiger charge is -2.10. The largest absolute Gasteiger partial charge is 0.478 e. The summed E-state index contributed by atoms with van der Waals surface area (Å²) in [5.41, 5.74) is -0.440. The molecule has 0 aromatic heterocycles. The Hall–Kier alpha value is -2.45. The van der Waals surface area contributed by atoms with Crippen LogP contribution in [0.2, 0.25) is 0 Å². The topological polar surface area (TPSA) is 107 Å². The number of carboxylic acid groups (broad SMARTS) is 1. The summed E-state index contributed by atoms with van der Waals surface area (Å²) >= 11 is 0. The SMILES string of the molecule is NS(=O)(=O)c1ccc(Oc2ccccc2F)c(C(=O)O)c1. The summed E-state index contributed by atoms with van der Waals surface area (Å²) < 4.78 is 41.1. The number of rotatable bonds is 4. The van der Waals surface area contributed by atoms with Gasteiger partial charge in [-0.25, -0.2) is 22.7 Å². The van der Waals surface area contributed by atoms with E-state index in [0.29, 0.717) is 0 Å². The number of benzene rings is 2. The summed E-state index contributed by atoms with van der Waals surface area (Å²) in [6.45, 7) is 0. The van der Waals surface area contributed by atoms with E-state index in [-0.39, 0.29) is 16.4 Å². The molecule has 0 bridgehead atoms. The number of hydrogen-bond donors (Lipinski definition) is 2. The second kappa shape index (κ2) is 5.51. The number of carbonyl (C=O) groups is 1. The summed E-state index contributed by atoms with van der Waals surface area (Å²) in [5, 5.41) is 14.0. The zero-order valence-electron chi connectivity index (χ0n) is 10.5. The van der Waals surface area contributed by atoms with Crippen molar-refractivity contribution in [3.8, 4) is 11.5 Å². The van der Waals surface area contributed by atoms with E-state index in [1.165, 1.54) is 18.2 Å². The molecule has 0 unspecified atom stereocenters. The van der Waals surface area contributed by atoms with Crippen molar-refractivity contribution in [2.75, 3.05) is 0 Å². The zero-order chi connectivity index (χ0) is 15.6. The molecule has 2 aromatic carbocycles. The third-order valence-corrected chi connectivity index (χ3v) is 3.48. The zero-order valence-corrected chi connectivity index (χ0v) is 11.3. The van der Waals surface area contributed by atoms with Crippen LogP contribution in [0.1, 0.15) is 10.4 Å². The number of nitrogens with two attached hydrogens (primary N) is 1. The fraction of sp³-hybridized carbons (Fsp3) is 0. The van der Waals surface area contributed by atoms with Crippen LogP contribution in [-0.4, -0.2) is 19.5 Å². The molecule has 0 spiro atoms. The molecule has 0 aliphatic carbocycles. The van der Waals surface area contributed by atoms with Crippen LogP contribution in [0.5, 0.6) is 11.5 Å². The number of halogens is 1. The van der Waals surface area contributed by atoms with Gasteiger partial charge in [0, 0.05) is 0 Å². The fourth-order valence-electron chi connectivity index (χ4n) is 1.59. The minimum absolute atomic E-state index is 0.177. The van der Waals surface area contributed by atoms with Crippen LogP contribution in [0.25, 0.3) is 0 Å². The minimum atomic E-state index is -4.05. The number of para-hydroxylation sites is 1. The second-order valence-corrected chi connectivity index (χ2v) is 5.60. The molecule has 0 saturated heterocycles. The van der Waals surface area contributed by atoms with E-state index in [1.54, 1.807) is 0 Å². The smallest absolute Gasteiger partial charge is 0.339 e. The lowest BCUT2D eigenvalue weighted by molar-refractivity contribution is 0.0693. The van der Waals surface area contributed by atoms with Crippen LogP contribution in [0, 0.1) is 5.82 Å². The van der Waals surface area contributed by atoms with Gasteiger partial charge >= 0.3 is 5.97 Å². The van der Waals surface area contributed by atoms with Crippen LogP contribution in [0.15, 0.2) is 47.4 Å². The van der Waals surface area contributed by atoms with Crippen molar-refractivity contribution in [3.63, 3.8) is 0 Å². The normalized spacial score (nSPS) is 11.1. The first-order chi connectivity index (χ1) is 9.79. The summed E-state index contributed by atoms with van der Waals surface area (Å²) in [5.74, 6) is -2.47. The summed E-state index contributed by atoms with van der Waals surface area (Å²) in [6.07, 6.45) is 0. The van der Waals surface area contributed by atoms with Crippen LogP contribution in [0.4, 0.5) is 4.39 Å². The molecule has 0 aliphatic heterocycles. The van der Waals surface area contributed by atoms with E-state index in [2.05, 4.69) is 0 Å². The monoisotopic (exact) mass is 311 g/mol. The molecule has 0 atom stereocenters. The molecule has 0 saturated carbocycles. The lowest BCUT2D eigenvalue weighted by atomic mass is 10.2. The van der Waals surface area contributed by atoms with Crippen molar-refractivity contribution in [3.05, 3.63) is 53.8 Å². The molecular weight excluding hydrogens is 301 g/mol. The maximum Gasteiger partial charge on any atom is 0.339 e. The standard InChI is InChI=1S/C13H10FNO5S/c14-10-3-1-2-4-12(10)20-11-6-5-8(21(15,18)19)7-9(11)13(16)17/h1-7H,(H,16,17)(H2,15,18,19). The summed E-state index contributed by atoms with van der Waals surface area (Å²) in [7, 11) is -4.05. The van der Waals surface area contributed by atoms with E-state index in [9.17, 15) is 17.6 Å². The summed E-state index contributed by atoms with van der Waals surface area (Å²) in [4.78, 5) is 10.8. The molecule has 8 heteroatoms. The molecule has 0 aliphatic rings. The number of primary sulfonamides is 1. The molecule has 110 valence electrons. The van der Waals surface area contributed by atoms with Crippen molar-refractivity contribution < 1.29 is 27.4 Å². The van der Waals surface area contributed by atoms with Gasteiger partial charge in [0.1, 0.15) is 11.3 Å². The van der Waals surface area contributed by atoms with Crippen molar-refractivity contribution in [1.29, 1.82) is 0 Å². The quantitative estimate of drug-likeness (QED) is 0.897. The first kappa shape index (κ1) is 14.9. The first-order valence-electron chi connectivity index (χ1n) is 5.61. The minimum Gasteiger partial charge on any atom is -0.478 e. The lowest BCUT2D eigenvalue weighted by Crippen LogP contribution is -2.13. The van der Waals surface area contributed by atoms with Gasteiger partial charge in [-0.2, -0.15) is 0 Å². The Bertz CT molecular complexity index is 804. The van der Waals surface area contributed by atoms with Crippen molar-refractivity contribution in [2.24, 2.45) is 5.14 Å². The second-order valence-electron chi connectivity index (χ2n) is 4.04. The summed E-state index contributed by atoms with van der Waals surface area (Å²) in [6, 6.07) is 8.46. The van der Waals surface area contributed by atoms with Crippen LogP contribution in [-0.2, 0) is 10.0 Å². The number of aromatic carboxylic acids is 1. The molecule has 3 N–H and O–H groups in total. The molecule has 2 aromatic rings. The highest BCUT2D eigenvalue weighted by Crippen LogP contribution is 2.29. The van der Waals surface area contributed by atoms with Gasteiger partial charge in [0.25, 0.3) is 0 Å². The van der Waals surface area contributed by atoms with Crippen LogP contribution < -0.4 is 9.88 Å². The Morgan fingerprint density at radius 3 is 2.38 bits per heavy atom. The van der Waals surface area contributed by atoms with E-state index in [1.807, 2.05) is 0 Å². The average Bonchev–Trinajstić information content (AvgIpc) is 2.40. The number of hydrogen-bond acceptors (Lipinski definition) is 4. The van der Waals surface area contributed by atoms with Gasteiger partial charge < -0.3 is 9.84 Å². The molecule has 21 heavy (non-hydrogen) atoms. The molecule has 0 fully saturated rings.